The minimum absolute atomic E-state index is 0.198. The molecule has 7 aromatic carbocycles. The predicted octanol–water partition coefficient (Wildman–Crippen LogP) is 12.2. The van der Waals surface area contributed by atoms with Crippen LogP contribution in [0, 0.1) is 0 Å². The van der Waals surface area contributed by atoms with E-state index in [1.807, 2.05) is 60.7 Å². The van der Waals surface area contributed by atoms with E-state index in [9.17, 15) is 0 Å². The first kappa shape index (κ1) is 38.0. The van der Waals surface area contributed by atoms with Crippen molar-refractivity contribution in [3.05, 3.63) is 193 Å². The number of nitrogens with zero attached hydrogens (tertiary/aromatic N) is 8. The second-order valence-corrected chi connectivity index (χ2v) is 16.9. The van der Waals surface area contributed by atoms with Crippen molar-refractivity contribution < 1.29 is 0 Å². The molecule has 1 aliphatic rings. The molecule has 10 nitrogen and oxygen atoms in total. The topological polar surface area (TPSA) is 138 Å². The molecule has 0 aliphatic carbocycles. The number of para-hydroxylation sites is 2. The van der Waals surface area contributed by atoms with Gasteiger partial charge in [-0.2, -0.15) is 9.97 Å². The molecule has 0 unspecified atom stereocenters. The summed E-state index contributed by atoms with van der Waals surface area (Å²) in [6.45, 7) is 4.54. The lowest BCUT2D eigenvalue weighted by atomic mass is 9.73. The van der Waals surface area contributed by atoms with Gasteiger partial charge in [0.1, 0.15) is 22.6 Å². The van der Waals surface area contributed by atoms with Crippen molar-refractivity contribution >= 4 is 61.8 Å². The Balaban J connectivity index is 1.10. The molecular formula is C55H40N10. The van der Waals surface area contributed by atoms with Crippen LogP contribution in [0.2, 0.25) is 0 Å². The molecule has 0 bridgehead atoms. The first-order valence-corrected chi connectivity index (χ1v) is 21.5. The Bertz CT molecular complexity index is 3680. The molecule has 11 aromatic rings. The maximum Gasteiger partial charge on any atom is 0.237 e. The lowest BCUT2D eigenvalue weighted by Crippen LogP contribution is -2.31. The molecule has 1 aliphatic heterocycles. The van der Waals surface area contributed by atoms with Crippen LogP contribution in [0.1, 0.15) is 25.0 Å². The molecule has 0 amide bonds. The van der Waals surface area contributed by atoms with E-state index < -0.39 is 5.41 Å². The van der Waals surface area contributed by atoms with Crippen molar-refractivity contribution in [3.63, 3.8) is 0 Å². The SMILES string of the molecule is CC1(C)c2ccccc2N(c2nc(N)c(N)c(-c3cccc(-c4ccccc4)c3)n2)c2cc3c(cc21)c1ccccc1n3-c1nc(-c2cccc(-c3ccccc3)c2)c2nccnc2n1. The van der Waals surface area contributed by atoms with E-state index in [0.29, 0.717) is 40.1 Å². The Morgan fingerprint density at radius 1 is 0.446 bits per heavy atom. The Kier molecular flexibility index (Phi) is 8.57. The zero-order chi connectivity index (χ0) is 43.8. The third kappa shape index (κ3) is 6.10. The minimum Gasteiger partial charge on any atom is -0.394 e. The Hall–Kier alpha value is -8.76. The molecule has 10 heteroatoms. The van der Waals surface area contributed by atoms with Gasteiger partial charge in [-0.05, 0) is 69.8 Å². The van der Waals surface area contributed by atoms with Crippen LogP contribution in [0.4, 0.5) is 28.8 Å². The number of nitrogen functional groups attached to an aromatic ring is 2. The van der Waals surface area contributed by atoms with Crippen molar-refractivity contribution in [2.75, 3.05) is 16.4 Å². The molecule has 4 N–H and O–H groups in total. The second-order valence-electron chi connectivity index (χ2n) is 16.9. The summed E-state index contributed by atoms with van der Waals surface area (Å²) < 4.78 is 2.13. The molecule has 0 radical (unpaired) electrons. The summed E-state index contributed by atoms with van der Waals surface area (Å²) in [6.07, 6.45) is 3.36. The van der Waals surface area contributed by atoms with Crippen LogP contribution in [0.15, 0.2) is 182 Å². The highest BCUT2D eigenvalue weighted by Gasteiger charge is 2.39. The molecule has 65 heavy (non-hydrogen) atoms. The van der Waals surface area contributed by atoms with Crippen LogP contribution < -0.4 is 16.4 Å². The van der Waals surface area contributed by atoms with E-state index in [0.717, 1.165) is 77.7 Å². The van der Waals surface area contributed by atoms with Gasteiger partial charge in [0.2, 0.25) is 11.9 Å². The fourth-order valence-corrected chi connectivity index (χ4v) is 9.49. The Morgan fingerprint density at radius 2 is 1.05 bits per heavy atom. The first-order chi connectivity index (χ1) is 31.8. The van der Waals surface area contributed by atoms with Crippen molar-refractivity contribution in [2.24, 2.45) is 0 Å². The first-order valence-electron chi connectivity index (χ1n) is 21.5. The summed E-state index contributed by atoms with van der Waals surface area (Å²) in [5.74, 6) is 1.07. The van der Waals surface area contributed by atoms with Gasteiger partial charge >= 0.3 is 0 Å². The van der Waals surface area contributed by atoms with Crippen LogP contribution in [0.3, 0.4) is 0 Å². The van der Waals surface area contributed by atoms with Gasteiger partial charge in [0.05, 0.1) is 22.4 Å². The molecular weight excluding hydrogens is 801 g/mol. The van der Waals surface area contributed by atoms with E-state index in [1.165, 1.54) is 0 Å². The number of nitrogens with two attached hydrogens (primary N) is 2. The number of hydrogen-bond acceptors (Lipinski definition) is 9. The molecule has 0 spiro atoms. The summed E-state index contributed by atoms with van der Waals surface area (Å²) in [6, 6.07) is 58.5. The van der Waals surface area contributed by atoms with Gasteiger partial charge in [0.25, 0.3) is 0 Å². The van der Waals surface area contributed by atoms with Gasteiger partial charge in [-0.15, -0.1) is 0 Å². The van der Waals surface area contributed by atoms with E-state index in [-0.39, 0.29) is 5.82 Å². The van der Waals surface area contributed by atoms with Crippen molar-refractivity contribution in [1.82, 2.24) is 34.5 Å². The van der Waals surface area contributed by atoms with Crippen LogP contribution in [-0.4, -0.2) is 34.5 Å². The van der Waals surface area contributed by atoms with Crippen LogP contribution >= 0.6 is 0 Å². The van der Waals surface area contributed by atoms with E-state index >= 15 is 0 Å². The summed E-state index contributed by atoms with van der Waals surface area (Å²) in [5.41, 5.74) is 27.8. The van der Waals surface area contributed by atoms with Gasteiger partial charge < -0.3 is 11.5 Å². The average Bonchev–Trinajstić information content (AvgIpc) is 3.68. The molecule has 5 heterocycles. The van der Waals surface area contributed by atoms with E-state index in [4.69, 9.17) is 41.4 Å². The number of anilines is 5. The third-order valence-corrected chi connectivity index (χ3v) is 12.7. The standard InChI is InChI=1S/C55H40N10/c1-55(2)41-24-10-12-26-44(41)65(53-60-48(47(56)51(57)62-53)37-21-13-19-35(29-37)33-15-5-3-6-16-33)46-32-45-40(31-42(46)55)39-23-9-11-25-43(39)64(45)54-61-49(50-52(63-54)59-28-27-58-50)38-22-14-20-36(30-38)34-17-7-4-8-18-34/h3-32H,56H2,1-2H3,(H2,57,60,62). The fourth-order valence-electron chi connectivity index (χ4n) is 9.49. The number of benzene rings is 7. The normalized spacial score (nSPS) is 13.0. The zero-order valence-corrected chi connectivity index (χ0v) is 35.6. The summed E-state index contributed by atoms with van der Waals surface area (Å²) >= 11 is 0. The summed E-state index contributed by atoms with van der Waals surface area (Å²) in [7, 11) is 0. The van der Waals surface area contributed by atoms with Crippen LogP contribution in [-0.2, 0) is 5.41 Å². The van der Waals surface area contributed by atoms with E-state index in [2.05, 4.69) is 133 Å². The Labute approximate surface area is 374 Å². The van der Waals surface area contributed by atoms with Crippen molar-refractivity contribution in [3.8, 4) is 50.7 Å². The smallest absolute Gasteiger partial charge is 0.237 e. The predicted molar refractivity (Wildman–Crippen MR) is 262 cm³/mol. The molecule has 0 saturated carbocycles. The maximum absolute atomic E-state index is 6.77. The number of fused-ring (bicyclic) bond motifs is 6. The highest BCUT2D eigenvalue weighted by atomic mass is 15.3. The zero-order valence-electron chi connectivity index (χ0n) is 35.6. The summed E-state index contributed by atoms with van der Waals surface area (Å²) in [5, 5.41) is 2.12. The largest absolute Gasteiger partial charge is 0.394 e. The minimum atomic E-state index is -0.419. The van der Waals surface area contributed by atoms with Crippen LogP contribution in [0.25, 0.3) is 83.7 Å². The third-order valence-electron chi connectivity index (χ3n) is 12.7. The highest BCUT2D eigenvalue weighted by Crippen LogP contribution is 2.53. The number of aromatic nitrogens is 7. The molecule has 0 atom stereocenters. The van der Waals surface area contributed by atoms with Gasteiger partial charge in [-0.25, -0.2) is 19.9 Å². The van der Waals surface area contributed by atoms with Gasteiger partial charge in [-0.1, -0.05) is 147 Å². The van der Waals surface area contributed by atoms with Gasteiger partial charge in [0, 0.05) is 39.7 Å². The Morgan fingerprint density at radius 3 is 1.78 bits per heavy atom. The average molecular weight is 841 g/mol. The summed E-state index contributed by atoms with van der Waals surface area (Å²) in [4.78, 5) is 32.4. The highest BCUT2D eigenvalue weighted by molar-refractivity contribution is 6.11. The quantitative estimate of drug-likeness (QED) is 0.168. The van der Waals surface area contributed by atoms with E-state index in [1.54, 1.807) is 12.4 Å². The van der Waals surface area contributed by atoms with Gasteiger partial charge in [-0.3, -0.25) is 9.47 Å². The maximum atomic E-state index is 6.77. The molecule has 310 valence electrons. The fraction of sp³-hybridized carbons (Fsp3) is 0.0545. The second kappa shape index (κ2) is 14.7. The molecule has 0 saturated heterocycles. The molecule has 0 fully saturated rings. The number of hydrogen-bond donors (Lipinski definition) is 2. The van der Waals surface area contributed by atoms with Gasteiger partial charge in [0.15, 0.2) is 11.5 Å². The number of rotatable bonds is 6. The lowest BCUT2D eigenvalue weighted by Gasteiger charge is -2.41. The van der Waals surface area contributed by atoms with Crippen molar-refractivity contribution in [2.45, 2.75) is 19.3 Å². The molecule has 12 rings (SSSR count). The monoisotopic (exact) mass is 840 g/mol. The lowest BCUT2D eigenvalue weighted by molar-refractivity contribution is 0.631. The van der Waals surface area contributed by atoms with Crippen molar-refractivity contribution in [1.29, 1.82) is 0 Å². The molecule has 4 aromatic heterocycles. The van der Waals surface area contributed by atoms with Crippen LogP contribution in [0.5, 0.6) is 0 Å².